The van der Waals surface area contributed by atoms with Crippen molar-refractivity contribution >= 4 is 15.9 Å². The van der Waals surface area contributed by atoms with Crippen molar-refractivity contribution in [3.63, 3.8) is 0 Å². The summed E-state index contributed by atoms with van der Waals surface area (Å²) >= 11 is 0. The lowest BCUT2D eigenvalue weighted by Gasteiger charge is -2.34. The summed E-state index contributed by atoms with van der Waals surface area (Å²) < 4.78 is 27.0. The van der Waals surface area contributed by atoms with E-state index in [2.05, 4.69) is 0 Å². The third kappa shape index (κ3) is 3.81. The van der Waals surface area contributed by atoms with Crippen molar-refractivity contribution < 1.29 is 17.6 Å². The summed E-state index contributed by atoms with van der Waals surface area (Å²) in [6.45, 7) is 4.62. The smallest absolute Gasteiger partial charge is 0.257 e. The fraction of sp³-hybridized carbons (Fsp3) is 0.583. The minimum atomic E-state index is -3.43. The number of aryl methyl sites for hydroxylation is 1. The predicted octanol–water partition coefficient (Wildman–Crippen LogP) is -0.366. The summed E-state index contributed by atoms with van der Waals surface area (Å²) in [6.07, 6.45) is 1.50. The maximum absolute atomic E-state index is 12.2. The second-order valence-electron chi connectivity index (χ2n) is 4.89. The molecule has 2 heterocycles. The van der Waals surface area contributed by atoms with Gasteiger partial charge in [-0.25, -0.2) is 13.6 Å². The maximum Gasteiger partial charge on any atom is 0.257 e. The van der Waals surface area contributed by atoms with Crippen LogP contribution in [0.5, 0.6) is 0 Å². The Morgan fingerprint density at radius 2 is 2.00 bits per heavy atom. The second-order valence-corrected chi connectivity index (χ2v) is 6.63. The van der Waals surface area contributed by atoms with Gasteiger partial charge in [0, 0.05) is 32.7 Å². The predicted molar refractivity (Wildman–Crippen MR) is 73.8 cm³/mol. The molecular formula is C12H19N3O4S. The van der Waals surface area contributed by atoms with Crippen LogP contribution in [0, 0.1) is 6.92 Å². The largest absolute Gasteiger partial charge is 0.469 e. The lowest BCUT2D eigenvalue weighted by molar-refractivity contribution is 0.0642. The second kappa shape index (κ2) is 5.94. The van der Waals surface area contributed by atoms with E-state index in [0.29, 0.717) is 44.0 Å². The molecule has 1 fully saturated rings. The van der Waals surface area contributed by atoms with Crippen LogP contribution in [-0.2, 0) is 10.0 Å². The number of furan rings is 1. The van der Waals surface area contributed by atoms with Gasteiger partial charge in [-0.1, -0.05) is 0 Å². The summed E-state index contributed by atoms with van der Waals surface area (Å²) in [5.41, 5.74) is 0.586. The molecule has 112 valence electrons. The molecule has 8 heteroatoms. The van der Waals surface area contributed by atoms with Crippen molar-refractivity contribution in [2.45, 2.75) is 6.92 Å². The van der Waals surface area contributed by atoms with Crippen LogP contribution >= 0.6 is 0 Å². The Kier molecular flexibility index (Phi) is 4.46. The van der Waals surface area contributed by atoms with E-state index in [0.717, 1.165) is 0 Å². The first-order chi connectivity index (χ1) is 9.37. The summed E-state index contributed by atoms with van der Waals surface area (Å²) in [5, 5.41) is 4.98. The van der Waals surface area contributed by atoms with Gasteiger partial charge in [0.25, 0.3) is 5.91 Å². The SMILES string of the molecule is Cc1occc1C(=O)N1CCN(CCS(N)(=O)=O)CC1. The number of piperazine rings is 1. The van der Waals surface area contributed by atoms with Gasteiger partial charge in [-0.3, -0.25) is 9.69 Å². The standard InChI is InChI=1S/C12H19N3O4S/c1-10-11(2-8-19-10)12(16)15-5-3-14(4-6-15)7-9-20(13,17)18/h2,8H,3-7,9H2,1H3,(H2,13,17,18). The number of hydrogen-bond acceptors (Lipinski definition) is 5. The molecule has 1 aliphatic heterocycles. The summed E-state index contributed by atoms with van der Waals surface area (Å²) in [7, 11) is -3.43. The number of amides is 1. The van der Waals surface area contributed by atoms with Crippen LogP contribution in [0.2, 0.25) is 0 Å². The van der Waals surface area contributed by atoms with Gasteiger partial charge in [0.2, 0.25) is 10.0 Å². The molecule has 7 nitrogen and oxygen atoms in total. The first kappa shape index (κ1) is 15.0. The van der Waals surface area contributed by atoms with E-state index >= 15 is 0 Å². The molecule has 20 heavy (non-hydrogen) atoms. The minimum absolute atomic E-state index is 0.0395. The summed E-state index contributed by atoms with van der Waals surface area (Å²) in [5.74, 6) is 0.524. The van der Waals surface area contributed by atoms with E-state index in [-0.39, 0.29) is 11.7 Å². The number of rotatable bonds is 4. The molecule has 1 aliphatic rings. The molecule has 2 N–H and O–H groups in total. The van der Waals surface area contributed by atoms with Crippen molar-refractivity contribution in [2.75, 3.05) is 38.5 Å². The molecule has 0 bridgehead atoms. The number of carbonyl (C=O) groups is 1. The lowest BCUT2D eigenvalue weighted by Crippen LogP contribution is -2.49. The van der Waals surface area contributed by atoms with E-state index in [4.69, 9.17) is 9.56 Å². The molecule has 0 unspecified atom stereocenters. The van der Waals surface area contributed by atoms with Crippen LogP contribution in [0.1, 0.15) is 16.1 Å². The maximum atomic E-state index is 12.2. The average Bonchev–Trinajstić information content (AvgIpc) is 2.81. The van der Waals surface area contributed by atoms with Crippen LogP contribution in [0.3, 0.4) is 0 Å². The minimum Gasteiger partial charge on any atom is -0.469 e. The number of nitrogens with zero attached hydrogens (tertiary/aromatic N) is 2. The van der Waals surface area contributed by atoms with Crippen LogP contribution in [0.25, 0.3) is 0 Å². The third-order valence-corrected chi connectivity index (χ3v) is 4.19. The first-order valence-electron chi connectivity index (χ1n) is 6.43. The van der Waals surface area contributed by atoms with E-state index in [1.165, 1.54) is 6.26 Å². The molecule has 0 atom stereocenters. The van der Waals surface area contributed by atoms with E-state index in [1.807, 2.05) is 4.90 Å². The molecule has 1 aromatic heterocycles. The van der Waals surface area contributed by atoms with Gasteiger partial charge in [-0.05, 0) is 13.0 Å². The molecule has 1 saturated heterocycles. The monoisotopic (exact) mass is 301 g/mol. The highest BCUT2D eigenvalue weighted by Gasteiger charge is 2.24. The Bertz CT molecular complexity index is 573. The number of hydrogen-bond donors (Lipinski definition) is 1. The van der Waals surface area contributed by atoms with Crippen LogP contribution < -0.4 is 5.14 Å². The zero-order valence-corrected chi connectivity index (χ0v) is 12.2. The zero-order chi connectivity index (χ0) is 14.8. The number of carbonyl (C=O) groups excluding carboxylic acids is 1. The molecular weight excluding hydrogens is 282 g/mol. The Balaban J connectivity index is 1.85. The van der Waals surface area contributed by atoms with E-state index in [1.54, 1.807) is 17.9 Å². The molecule has 0 radical (unpaired) electrons. The van der Waals surface area contributed by atoms with Gasteiger partial charge in [0.05, 0.1) is 17.6 Å². The highest BCUT2D eigenvalue weighted by Crippen LogP contribution is 2.13. The number of nitrogens with two attached hydrogens (primary N) is 1. The third-order valence-electron chi connectivity index (χ3n) is 3.44. The Morgan fingerprint density at radius 1 is 1.35 bits per heavy atom. The average molecular weight is 301 g/mol. The quantitative estimate of drug-likeness (QED) is 0.818. The molecule has 1 aromatic rings. The van der Waals surface area contributed by atoms with Gasteiger partial charge >= 0.3 is 0 Å². The Morgan fingerprint density at radius 3 is 2.50 bits per heavy atom. The highest BCUT2D eigenvalue weighted by molar-refractivity contribution is 7.89. The van der Waals surface area contributed by atoms with Crippen LogP contribution in [0.15, 0.2) is 16.7 Å². The summed E-state index contributed by atoms with van der Waals surface area (Å²) in [4.78, 5) is 16.0. The van der Waals surface area contributed by atoms with Crippen molar-refractivity contribution in [3.8, 4) is 0 Å². The fourth-order valence-electron chi connectivity index (χ4n) is 2.21. The zero-order valence-electron chi connectivity index (χ0n) is 11.4. The fourth-order valence-corrected chi connectivity index (χ4v) is 2.72. The van der Waals surface area contributed by atoms with E-state index in [9.17, 15) is 13.2 Å². The van der Waals surface area contributed by atoms with Gasteiger partial charge in [0.15, 0.2) is 0 Å². The number of sulfonamides is 1. The Hall–Kier alpha value is -1.38. The molecule has 0 spiro atoms. The van der Waals surface area contributed by atoms with Crippen LogP contribution in [-0.4, -0.2) is 62.6 Å². The summed E-state index contributed by atoms with van der Waals surface area (Å²) in [6, 6.07) is 1.67. The van der Waals surface area contributed by atoms with Crippen molar-refractivity contribution in [1.29, 1.82) is 0 Å². The normalized spacial score (nSPS) is 17.4. The van der Waals surface area contributed by atoms with Crippen LogP contribution in [0.4, 0.5) is 0 Å². The number of primary sulfonamides is 1. The van der Waals surface area contributed by atoms with Gasteiger partial charge in [-0.2, -0.15) is 0 Å². The molecule has 0 saturated carbocycles. The van der Waals surface area contributed by atoms with Gasteiger partial charge < -0.3 is 9.32 Å². The van der Waals surface area contributed by atoms with Crippen molar-refractivity contribution in [2.24, 2.45) is 5.14 Å². The van der Waals surface area contributed by atoms with Gasteiger partial charge in [-0.15, -0.1) is 0 Å². The molecule has 0 aliphatic carbocycles. The van der Waals surface area contributed by atoms with Crippen molar-refractivity contribution in [1.82, 2.24) is 9.80 Å². The highest BCUT2D eigenvalue weighted by atomic mass is 32.2. The topological polar surface area (TPSA) is 96.8 Å². The van der Waals surface area contributed by atoms with E-state index < -0.39 is 10.0 Å². The molecule has 2 rings (SSSR count). The molecule has 1 amide bonds. The Labute approximate surface area is 118 Å². The van der Waals surface area contributed by atoms with Crippen molar-refractivity contribution in [3.05, 3.63) is 23.7 Å². The van der Waals surface area contributed by atoms with Gasteiger partial charge in [0.1, 0.15) is 5.76 Å². The first-order valence-corrected chi connectivity index (χ1v) is 8.14. The molecule has 0 aromatic carbocycles. The lowest BCUT2D eigenvalue weighted by atomic mass is 10.2.